The summed E-state index contributed by atoms with van der Waals surface area (Å²) in [6, 6.07) is 14.7. The van der Waals surface area contributed by atoms with Crippen LogP contribution in [0.5, 0.6) is 11.5 Å². The largest absolute Gasteiger partial charge is 0.493 e. The second-order valence-corrected chi connectivity index (χ2v) is 10.8. The van der Waals surface area contributed by atoms with Crippen molar-refractivity contribution in [2.24, 2.45) is 5.10 Å². The fourth-order valence-electron chi connectivity index (χ4n) is 3.77. The molecule has 0 radical (unpaired) electrons. The van der Waals surface area contributed by atoms with Gasteiger partial charge >= 0.3 is 0 Å². The lowest BCUT2D eigenvalue weighted by atomic mass is 9.95. The third kappa shape index (κ3) is 5.87. The molecular weight excluding hydrogens is 576 g/mol. The summed E-state index contributed by atoms with van der Waals surface area (Å²) in [5.41, 5.74) is 0.743. The van der Waals surface area contributed by atoms with Crippen molar-refractivity contribution in [3.05, 3.63) is 102 Å². The average Bonchev–Trinajstić information content (AvgIpc) is 2.86. The van der Waals surface area contributed by atoms with Gasteiger partial charge < -0.3 is 9.47 Å². The maximum Gasteiger partial charge on any atom is 0.282 e. The number of ether oxygens (including phenoxy) is 2. The van der Waals surface area contributed by atoms with E-state index in [9.17, 15) is 14.9 Å². The molecule has 0 amide bonds. The zero-order chi connectivity index (χ0) is 27.6. The summed E-state index contributed by atoms with van der Waals surface area (Å²) in [6.07, 6.45) is 1.46. The topological polar surface area (TPSA) is 109 Å². The number of halogens is 2. The van der Waals surface area contributed by atoms with Gasteiger partial charge in [-0.1, -0.05) is 60.4 Å². The van der Waals surface area contributed by atoms with Gasteiger partial charge in [-0.15, -0.1) is 0 Å². The van der Waals surface area contributed by atoms with E-state index in [1.54, 1.807) is 36.4 Å². The fourth-order valence-corrected chi connectivity index (χ4v) is 4.35. The van der Waals surface area contributed by atoms with Crippen molar-refractivity contribution in [1.82, 2.24) is 9.66 Å². The molecule has 0 aliphatic heterocycles. The van der Waals surface area contributed by atoms with E-state index in [2.05, 4.69) is 21.0 Å². The number of non-ortho nitro benzene ring substituents is 1. The highest BCUT2D eigenvalue weighted by Crippen LogP contribution is 2.35. The van der Waals surface area contributed by atoms with Gasteiger partial charge in [0.25, 0.3) is 11.2 Å². The van der Waals surface area contributed by atoms with E-state index in [0.717, 1.165) is 4.47 Å². The average molecular weight is 600 g/mol. The van der Waals surface area contributed by atoms with Gasteiger partial charge in [-0.2, -0.15) is 9.78 Å². The van der Waals surface area contributed by atoms with Crippen LogP contribution in [-0.2, 0) is 12.0 Å². The second kappa shape index (κ2) is 10.9. The van der Waals surface area contributed by atoms with Crippen molar-refractivity contribution in [3.8, 4) is 11.5 Å². The van der Waals surface area contributed by atoms with Gasteiger partial charge in [-0.25, -0.2) is 4.98 Å². The van der Waals surface area contributed by atoms with Crippen LogP contribution >= 0.6 is 27.5 Å². The molecule has 0 spiro atoms. The zero-order valence-electron chi connectivity index (χ0n) is 21.1. The first kappa shape index (κ1) is 27.3. The van der Waals surface area contributed by atoms with E-state index in [-0.39, 0.29) is 17.9 Å². The minimum atomic E-state index is -0.495. The summed E-state index contributed by atoms with van der Waals surface area (Å²) in [4.78, 5) is 28.9. The molecule has 0 saturated heterocycles. The molecule has 0 N–H and O–H groups in total. The molecule has 3 aromatic carbocycles. The highest BCUT2D eigenvalue weighted by atomic mass is 79.9. The predicted molar refractivity (Wildman–Crippen MR) is 151 cm³/mol. The molecule has 0 fully saturated rings. The number of hydrogen-bond acceptors (Lipinski definition) is 7. The zero-order valence-corrected chi connectivity index (χ0v) is 23.4. The molecule has 4 rings (SSSR count). The minimum Gasteiger partial charge on any atom is -0.493 e. The SMILES string of the molecule is COc1cc(Cl)cc(C=Nn2c(C(C)(C)C)nc3ccc(Br)cc3c2=O)c1OCc1cccc([N+](=O)[O-])c1. The maximum absolute atomic E-state index is 13.5. The molecule has 1 aromatic heterocycles. The first-order chi connectivity index (χ1) is 18.0. The molecule has 9 nitrogen and oxygen atoms in total. The van der Waals surface area contributed by atoms with Gasteiger partial charge in [0.05, 0.1) is 29.2 Å². The summed E-state index contributed by atoms with van der Waals surface area (Å²) in [7, 11) is 1.47. The van der Waals surface area contributed by atoms with Crippen LogP contribution < -0.4 is 15.0 Å². The van der Waals surface area contributed by atoms with Crippen LogP contribution in [0, 0.1) is 10.1 Å². The minimum absolute atomic E-state index is 0.0270. The molecule has 196 valence electrons. The van der Waals surface area contributed by atoms with Crippen LogP contribution in [0.4, 0.5) is 5.69 Å². The number of nitrogens with zero attached hydrogens (tertiary/aromatic N) is 4. The fraction of sp³-hybridized carbons (Fsp3) is 0.222. The van der Waals surface area contributed by atoms with Crippen molar-refractivity contribution in [2.75, 3.05) is 7.11 Å². The normalized spacial score (nSPS) is 11.7. The monoisotopic (exact) mass is 598 g/mol. The number of methoxy groups -OCH3 is 1. The number of benzene rings is 3. The standard InChI is InChI=1S/C27H24BrClN4O5/c1-27(2,3)26-31-22-9-8-18(28)12-21(22)25(34)32(26)30-14-17-11-19(29)13-23(37-4)24(17)38-15-16-6-5-7-20(10-16)33(35)36/h5-14H,15H2,1-4H3. The summed E-state index contributed by atoms with van der Waals surface area (Å²) < 4.78 is 13.5. The van der Waals surface area contributed by atoms with Crippen molar-refractivity contribution in [2.45, 2.75) is 32.8 Å². The number of nitro groups is 1. The highest BCUT2D eigenvalue weighted by molar-refractivity contribution is 9.10. The van der Waals surface area contributed by atoms with E-state index in [0.29, 0.717) is 44.4 Å². The molecule has 0 bridgehead atoms. The molecule has 1 heterocycles. The van der Waals surface area contributed by atoms with Crippen LogP contribution in [0.3, 0.4) is 0 Å². The summed E-state index contributed by atoms with van der Waals surface area (Å²) in [6.45, 7) is 5.86. The summed E-state index contributed by atoms with van der Waals surface area (Å²) >= 11 is 9.74. The van der Waals surface area contributed by atoms with Crippen molar-refractivity contribution < 1.29 is 14.4 Å². The predicted octanol–water partition coefficient (Wildman–Crippen LogP) is 6.49. The Balaban J connectivity index is 1.80. The molecule has 0 unspecified atom stereocenters. The Morgan fingerprint density at radius 2 is 1.95 bits per heavy atom. The Labute approximate surface area is 232 Å². The van der Waals surface area contributed by atoms with Gasteiger partial charge in [-0.3, -0.25) is 14.9 Å². The number of hydrogen-bond donors (Lipinski definition) is 0. The van der Waals surface area contributed by atoms with Crippen molar-refractivity contribution in [1.29, 1.82) is 0 Å². The number of aromatic nitrogens is 2. The van der Waals surface area contributed by atoms with Gasteiger partial charge in [0.1, 0.15) is 12.4 Å². The first-order valence-corrected chi connectivity index (χ1v) is 12.7. The van der Waals surface area contributed by atoms with Crippen molar-refractivity contribution in [3.63, 3.8) is 0 Å². The Hall–Kier alpha value is -3.76. The lowest BCUT2D eigenvalue weighted by molar-refractivity contribution is -0.384. The highest BCUT2D eigenvalue weighted by Gasteiger charge is 2.23. The quantitative estimate of drug-likeness (QED) is 0.137. The lowest BCUT2D eigenvalue weighted by Crippen LogP contribution is -2.29. The molecule has 0 saturated carbocycles. The van der Waals surface area contributed by atoms with Gasteiger partial charge in [-0.05, 0) is 29.8 Å². The van der Waals surface area contributed by atoms with Gasteiger partial charge in [0.15, 0.2) is 11.5 Å². The van der Waals surface area contributed by atoms with Crippen LogP contribution in [-0.4, -0.2) is 27.9 Å². The summed E-state index contributed by atoms with van der Waals surface area (Å²) in [5, 5.41) is 16.4. The number of fused-ring (bicyclic) bond motifs is 1. The van der Waals surface area contributed by atoms with Gasteiger partial charge in [0.2, 0.25) is 0 Å². The van der Waals surface area contributed by atoms with Crippen LogP contribution in [0.15, 0.2) is 69.0 Å². The first-order valence-electron chi connectivity index (χ1n) is 11.5. The van der Waals surface area contributed by atoms with E-state index in [4.69, 9.17) is 26.1 Å². The summed E-state index contributed by atoms with van der Waals surface area (Å²) in [5.74, 6) is 1.13. The third-order valence-electron chi connectivity index (χ3n) is 5.56. The Morgan fingerprint density at radius 1 is 1.18 bits per heavy atom. The Bertz CT molecular complexity index is 1630. The van der Waals surface area contributed by atoms with E-state index in [1.165, 1.54) is 30.1 Å². The van der Waals surface area contributed by atoms with E-state index in [1.807, 2.05) is 26.8 Å². The third-order valence-corrected chi connectivity index (χ3v) is 6.28. The van der Waals surface area contributed by atoms with Crippen LogP contribution in [0.25, 0.3) is 10.9 Å². The number of rotatable bonds is 7. The molecule has 0 aliphatic carbocycles. The molecule has 38 heavy (non-hydrogen) atoms. The lowest BCUT2D eigenvalue weighted by Gasteiger charge is -2.21. The second-order valence-electron chi connectivity index (χ2n) is 9.45. The smallest absolute Gasteiger partial charge is 0.282 e. The molecular formula is C27H24BrClN4O5. The molecule has 0 aliphatic rings. The number of nitro benzene ring substituents is 1. The Morgan fingerprint density at radius 3 is 2.63 bits per heavy atom. The Kier molecular flexibility index (Phi) is 7.84. The molecule has 11 heteroatoms. The van der Waals surface area contributed by atoms with Crippen molar-refractivity contribution >= 4 is 50.3 Å². The van der Waals surface area contributed by atoms with Gasteiger partial charge in [0, 0.05) is 38.7 Å². The van der Waals surface area contributed by atoms with Crippen LogP contribution in [0.1, 0.15) is 37.7 Å². The van der Waals surface area contributed by atoms with E-state index < -0.39 is 10.3 Å². The maximum atomic E-state index is 13.5. The van der Waals surface area contributed by atoms with Crippen LogP contribution in [0.2, 0.25) is 5.02 Å². The van der Waals surface area contributed by atoms with E-state index >= 15 is 0 Å². The molecule has 0 atom stereocenters. The molecule has 4 aromatic rings.